The van der Waals surface area contributed by atoms with Crippen molar-refractivity contribution in [1.29, 1.82) is 0 Å². The number of aromatic nitrogens is 1. The van der Waals surface area contributed by atoms with Crippen LogP contribution in [0, 0.1) is 0 Å². The maximum atomic E-state index is 12.7. The van der Waals surface area contributed by atoms with Gasteiger partial charge in [-0.15, -0.1) is 0 Å². The van der Waals surface area contributed by atoms with Crippen molar-refractivity contribution < 1.29 is 31.9 Å². The van der Waals surface area contributed by atoms with Gasteiger partial charge in [0.05, 0.1) is 12.6 Å². The van der Waals surface area contributed by atoms with E-state index in [9.17, 15) is 22.8 Å². The predicted molar refractivity (Wildman–Crippen MR) is 81.2 cm³/mol. The van der Waals surface area contributed by atoms with Crippen LogP contribution in [0.2, 0.25) is 5.02 Å². The molecular weight excluding hydrogens is 379 g/mol. The highest BCUT2D eigenvalue weighted by atomic mass is 35.5. The number of halogens is 4. The summed E-state index contributed by atoms with van der Waals surface area (Å²) in [6.07, 6.45) is -5.82. The van der Waals surface area contributed by atoms with E-state index in [1.54, 1.807) is 0 Å². The van der Waals surface area contributed by atoms with Crippen molar-refractivity contribution in [3.8, 4) is 0 Å². The lowest BCUT2D eigenvalue weighted by Crippen LogP contribution is -2.39. The average molecular weight is 390 g/mol. The van der Waals surface area contributed by atoms with Gasteiger partial charge >= 0.3 is 18.2 Å². The van der Waals surface area contributed by atoms with Gasteiger partial charge in [0.2, 0.25) is 0 Å². The highest BCUT2D eigenvalue weighted by molar-refractivity contribution is 6.30. The van der Waals surface area contributed by atoms with Crippen LogP contribution in [0.5, 0.6) is 0 Å². The Morgan fingerprint density at radius 2 is 2.04 bits per heavy atom. The third-order valence-electron chi connectivity index (χ3n) is 3.52. The zero-order valence-electron chi connectivity index (χ0n) is 12.8. The van der Waals surface area contributed by atoms with Gasteiger partial charge < -0.3 is 19.8 Å². The first-order valence-corrected chi connectivity index (χ1v) is 7.65. The Morgan fingerprint density at radius 1 is 1.35 bits per heavy atom. The van der Waals surface area contributed by atoms with Gasteiger partial charge in [-0.25, -0.2) is 9.78 Å². The zero-order chi connectivity index (χ0) is 18.9. The van der Waals surface area contributed by atoms with Gasteiger partial charge in [-0.1, -0.05) is 23.7 Å². The lowest BCUT2D eigenvalue weighted by atomic mass is 10.0. The van der Waals surface area contributed by atoms with Crippen molar-refractivity contribution >= 4 is 23.6 Å². The summed E-state index contributed by atoms with van der Waals surface area (Å²) in [5.74, 6) is -2.13. The van der Waals surface area contributed by atoms with Gasteiger partial charge in [0.15, 0.2) is 6.10 Å². The molecule has 2 N–H and O–H groups in total. The first-order valence-electron chi connectivity index (χ1n) is 7.27. The topological polar surface area (TPSA) is 93.5 Å². The summed E-state index contributed by atoms with van der Waals surface area (Å²) < 4.78 is 47.5. The van der Waals surface area contributed by atoms with Crippen molar-refractivity contribution in [2.24, 2.45) is 0 Å². The molecule has 0 spiro atoms. The molecule has 2 atom stereocenters. The molecule has 0 radical (unpaired) electrons. The number of oxazole rings is 1. The lowest BCUT2D eigenvalue weighted by molar-refractivity contribution is -0.157. The summed E-state index contributed by atoms with van der Waals surface area (Å²) >= 11 is 5.82. The molecule has 26 heavy (non-hydrogen) atoms. The van der Waals surface area contributed by atoms with Crippen molar-refractivity contribution in [2.45, 2.75) is 18.3 Å². The van der Waals surface area contributed by atoms with Crippen molar-refractivity contribution in [2.75, 3.05) is 6.54 Å². The number of alkyl carbamates (subject to hydrolysis) is 1. The summed E-state index contributed by atoms with van der Waals surface area (Å²) in [4.78, 5) is 26.8. The number of alkyl halides is 3. The van der Waals surface area contributed by atoms with Crippen LogP contribution in [0.4, 0.5) is 18.0 Å². The van der Waals surface area contributed by atoms with Crippen LogP contribution >= 0.6 is 11.6 Å². The van der Waals surface area contributed by atoms with E-state index in [1.165, 1.54) is 24.3 Å². The minimum Gasteiger partial charge on any atom is -0.441 e. The van der Waals surface area contributed by atoms with E-state index in [1.807, 2.05) is 0 Å². The second-order valence-corrected chi connectivity index (χ2v) is 5.78. The van der Waals surface area contributed by atoms with Crippen molar-refractivity contribution in [1.82, 2.24) is 15.6 Å². The fourth-order valence-electron chi connectivity index (χ4n) is 2.30. The Hall–Kier alpha value is -2.75. The molecule has 7 nitrogen and oxygen atoms in total. The highest BCUT2D eigenvalue weighted by Crippen LogP contribution is 2.31. The van der Waals surface area contributed by atoms with Gasteiger partial charge in [0.1, 0.15) is 12.0 Å². The number of amides is 2. The van der Waals surface area contributed by atoms with E-state index < -0.39 is 36.2 Å². The molecule has 3 rings (SSSR count). The van der Waals surface area contributed by atoms with Gasteiger partial charge in [0.25, 0.3) is 5.91 Å². The monoisotopic (exact) mass is 389 g/mol. The van der Waals surface area contributed by atoms with Crippen LogP contribution in [0.3, 0.4) is 0 Å². The maximum absolute atomic E-state index is 12.7. The summed E-state index contributed by atoms with van der Waals surface area (Å²) in [6.45, 7) is -0.0510. The largest absolute Gasteiger partial charge is 0.468 e. The molecular formula is C15H11ClF3N3O4. The Balaban J connectivity index is 1.89. The SMILES string of the molecule is O=C1NCC(C(=O)N[C@H](c2ccc(Cl)cc2)c2coc(C(F)(F)F)n2)O1. The van der Waals surface area contributed by atoms with Gasteiger partial charge in [-0.2, -0.15) is 13.2 Å². The Kier molecular flexibility index (Phi) is 4.77. The van der Waals surface area contributed by atoms with E-state index in [0.717, 1.165) is 6.26 Å². The van der Waals surface area contributed by atoms with Crippen LogP contribution in [-0.2, 0) is 15.7 Å². The molecule has 2 heterocycles. The number of hydrogen-bond donors (Lipinski definition) is 2. The molecule has 1 fully saturated rings. The zero-order valence-corrected chi connectivity index (χ0v) is 13.6. The molecule has 1 aromatic heterocycles. The smallest absolute Gasteiger partial charge is 0.441 e. The summed E-state index contributed by atoms with van der Waals surface area (Å²) in [5.41, 5.74) is 0.257. The number of nitrogens with zero attached hydrogens (tertiary/aromatic N) is 1. The summed E-state index contributed by atoms with van der Waals surface area (Å²) in [6, 6.07) is 5.01. The third kappa shape index (κ3) is 3.90. The number of rotatable bonds is 4. The molecule has 1 saturated heterocycles. The molecule has 11 heteroatoms. The van der Waals surface area contributed by atoms with Gasteiger partial charge in [0, 0.05) is 5.02 Å². The molecule has 138 valence electrons. The second-order valence-electron chi connectivity index (χ2n) is 5.34. The summed E-state index contributed by atoms with van der Waals surface area (Å²) in [7, 11) is 0. The number of carbonyl (C=O) groups excluding carboxylic acids is 2. The molecule has 0 saturated carbocycles. The molecule has 2 amide bonds. The van der Waals surface area contributed by atoms with E-state index in [-0.39, 0.29) is 12.2 Å². The maximum Gasteiger partial charge on any atom is 0.468 e. The van der Waals surface area contributed by atoms with Gasteiger partial charge in [-0.05, 0) is 17.7 Å². The van der Waals surface area contributed by atoms with Crippen LogP contribution in [-0.4, -0.2) is 29.6 Å². The number of benzene rings is 1. The first-order chi connectivity index (χ1) is 12.2. The van der Waals surface area contributed by atoms with Crippen LogP contribution in [0.15, 0.2) is 34.9 Å². The first kappa shape index (κ1) is 18.1. The quantitative estimate of drug-likeness (QED) is 0.838. The van der Waals surface area contributed by atoms with Crippen LogP contribution in [0.1, 0.15) is 23.2 Å². The standard InChI is InChI=1S/C15H11ClF3N3O4/c16-8-3-1-7(2-4-8)11(9-6-25-13(21-9)15(17,18)19)22-12(23)10-5-20-14(24)26-10/h1-4,6,10-11H,5H2,(H,20,24)(H,22,23)/t10?,11-/m1/s1. The Morgan fingerprint density at radius 3 is 2.58 bits per heavy atom. The minimum atomic E-state index is -4.77. The fourth-order valence-corrected chi connectivity index (χ4v) is 2.43. The number of cyclic esters (lactones) is 1. The van der Waals surface area contributed by atoms with Gasteiger partial charge in [-0.3, -0.25) is 4.79 Å². The molecule has 1 aromatic carbocycles. The molecule has 1 unspecified atom stereocenters. The summed E-state index contributed by atoms with van der Waals surface area (Å²) in [5, 5.41) is 5.23. The van der Waals surface area contributed by atoms with E-state index in [0.29, 0.717) is 10.6 Å². The van der Waals surface area contributed by atoms with Crippen molar-refractivity contribution in [3.63, 3.8) is 0 Å². The second kappa shape index (κ2) is 6.87. The lowest BCUT2D eigenvalue weighted by Gasteiger charge is -2.18. The number of nitrogens with one attached hydrogen (secondary N) is 2. The third-order valence-corrected chi connectivity index (χ3v) is 3.78. The Labute approximate surface area is 149 Å². The number of carbonyl (C=O) groups is 2. The fraction of sp³-hybridized carbons (Fsp3) is 0.267. The van der Waals surface area contributed by atoms with E-state index >= 15 is 0 Å². The normalized spacial score (nSPS) is 18.2. The highest BCUT2D eigenvalue weighted by Gasteiger charge is 2.39. The van der Waals surface area contributed by atoms with Crippen LogP contribution in [0.25, 0.3) is 0 Å². The van der Waals surface area contributed by atoms with E-state index in [4.69, 9.17) is 16.3 Å². The van der Waals surface area contributed by atoms with E-state index in [2.05, 4.69) is 20.0 Å². The van der Waals surface area contributed by atoms with Crippen LogP contribution < -0.4 is 10.6 Å². The predicted octanol–water partition coefficient (Wildman–Crippen LogP) is 2.66. The molecule has 0 bridgehead atoms. The average Bonchev–Trinajstić information content (AvgIpc) is 3.22. The Bertz CT molecular complexity index is 822. The number of ether oxygens (including phenoxy) is 1. The molecule has 1 aliphatic rings. The number of hydrogen-bond acceptors (Lipinski definition) is 5. The molecule has 1 aliphatic heterocycles. The van der Waals surface area contributed by atoms with Crippen molar-refractivity contribution in [3.05, 3.63) is 52.7 Å². The minimum absolute atomic E-state index is 0.0510. The molecule has 0 aliphatic carbocycles. The molecule has 2 aromatic rings.